The highest BCUT2D eigenvalue weighted by Crippen LogP contribution is 2.43. The Kier molecular flexibility index (Phi) is 6.10. The largest absolute Gasteiger partial charge is 0.497 e. The van der Waals surface area contributed by atoms with Crippen LogP contribution in [0.2, 0.25) is 0 Å². The van der Waals surface area contributed by atoms with E-state index in [0.29, 0.717) is 5.56 Å². The molecule has 0 fully saturated rings. The predicted octanol–water partition coefficient (Wildman–Crippen LogP) is 5.53. The maximum absolute atomic E-state index is 14.4. The highest BCUT2D eigenvalue weighted by molar-refractivity contribution is 8.00. The number of ether oxygens (including phenoxy) is 2. The fourth-order valence-corrected chi connectivity index (χ4v) is 4.65. The molecule has 0 amide bonds. The molecule has 0 N–H and O–H groups in total. The summed E-state index contributed by atoms with van der Waals surface area (Å²) in [5.41, 5.74) is 3.99. The van der Waals surface area contributed by atoms with Crippen molar-refractivity contribution in [3.8, 4) is 11.5 Å². The highest BCUT2D eigenvalue weighted by Gasteiger charge is 2.32. The van der Waals surface area contributed by atoms with Gasteiger partial charge in [-0.1, -0.05) is 17.7 Å². The molecule has 0 saturated carbocycles. The van der Waals surface area contributed by atoms with E-state index in [1.54, 1.807) is 38.1 Å². The number of methoxy groups -OCH3 is 2. The molecule has 0 aliphatic carbocycles. The fraction of sp³-hybridized carbons (Fsp3) is 0.409. The lowest BCUT2D eigenvalue weighted by Gasteiger charge is -2.31. The molecule has 3 nitrogen and oxygen atoms in total. The summed E-state index contributed by atoms with van der Waals surface area (Å²) in [6, 6.07) is 11.2. The maximum Gasteiger partial charge on any atom is 0.131 e. The molecule has 0 saturated heterocycles. The SMILES string of the molecule is COc1ccc(CCC2=NC(C)(c3cc(C)ccc3F)SCC2)c(OC)c1. The minimum Gasteiger partial charge on any atom is -0.497 e. The van der Waals surface area contributed by atoms with Gasteiger partial charge in [0, 0.05) is 23.1 Å². The standard InChI is InChI=1S/C22H26FNO2S/c1-15-5-10-20(23)19(13-15)22(2)24-17(11-12-27-22)8-6-16-7-9-18(25-3)14-21(16)26-4/h5,7,9-10,13-14H,6,8,11-12H2,1-4H3. The zero-order chi connectivity index (χ0) is 19.4. The third-order valence-electron chi connectivity index (χ3n) is 4.94. The lowest BCUT2D eigenvalue weighted by molar-refractivity contribution is 0.391. The molecular formula is C22H26FNO2S. The Labute approximate surface area is 165 Å². The van der Waals surface area contributed by atoms with E-state index in [1.807, 2.05) is 38.1 Å². The molecule has 0 aromatic heterocycles. The number of benzene rings is 2. The molecule has 1 unspecified atom stereocenters. The van der Waals surface area contributed by atoms with Crippen LogP contribution in [0.3, 0.4) is 0 Å². The summed E-state index contributed by atoms with van der Waals surface area (Å²) in [5, 5.41) is 0. The molecule has 1 aliphatic heterocycles. The molecule has 27 heavy (non-hydrogen) atoms. The number of hydrogen-bond donors (Lipinski definition) is 0. The number of aryl methyl sites for hydroxylation is 2. The molecule has 2 aromatic rings. The van der Waals surface area contributed by atoms with Gasteiger partial charge in [-0.05, 0) is 56.9 Å². The first-order chi connectivity index (χ1) is 12.9. The number of hydrogen-bond acceptors (Lipinski definition) is 4. The number of rotatable bonds is 6. The predicted molar refractivity (Wildman–Crippen MR) is 111 cm³/mol. The summed E-state index contributed by atoms with van der Waals surface area (Å²) in [7, 11) is 3.32. The van der Waals surface area contributed by atoms with Crippen LogP contribution in [-0.4, -0.2) is 25.7 Å². The van der Waals surface area contributed by atoms with Gasteiger partial charge in [0.1, 0.15) is 22.2 Å². The molecule has 0 bridgehead atoms. The van der Waals surface area contributed by atoms with Gasteiger partial charge in [-0.3, -0.25) is 4.99 Å². The Morgan fingerprint density at radius 3 is 2.67 bits per heavy atom. The van der Waals surface area contributed by atoms with E-state index in [0.717, 1.165) is 53.4 Å². The van der Waals surface area contributed by atoms with Gasteiger partial charge >= 0.3 is 0 Å². The van der Waals surface area contributed by atoms with Crippen LogP contribution in [0.25, 0.3) is 0 Å². The first-order valence-corrected chi connectivity index (χ1v) is 10.1. The van der Waals surface area contributed by atoms with Gasteiger partial charge in [-0.2, -0.15) is 0 Å². The normalized spacial score (nSPS) is 19.5. The quantitative estimate of drug-likeness (QED) is 0.652. The second-order valence-electron chi connectivity index (χ2n) is 6.92. The zero-order valence-electron chi connectivity index (χ0n) is 16.3. The number of aliphatic imine (C=N–C) groups is 1. The summed E-state index contributed by atoms with van der Waals surface area (Å²) >= 11 is 1.71. The van der Waals surface area contributed by atoms with E-state index in [-0.39, 0.29) is 5.82 Å². The minimum atomic E-state index is -0.562. The van der Waals surface area contributed by atoms with Crippen molar-refractivity contribution >= 4 is 17.5 Å². The topological polar surface area (TPSA) is 30.8 Å². The van der Waals surface area contributed by atoms with Crippen LogP contribution in [0.5, 0.6) is 11.5 Å². The van der Waals surface area contributed by atoms with Gasteiger partial charge in [0.2, 0.25) is 0 Å². The second kappa shape index (κ2) is 8.34. The second-order valence-corrected chi connectivity index (χ2v) is 8.41. The molecule has 5 heteroatoms. The third-order valence-corrected chi connectivity index (χ3v) is 6.23. The molecule has 3 rings (SSSR count). The van der Waals surface area contributed by atoms with Crippen molar-refractivity contribution in [2.75, 3.05) is 20.0 Å². The summed E-state index contributed by atoms with van der Waals surface area (Å²) < 4.78 is 25.2. The van der Waals surface area contributed by atoms with Gasteiger partial charge in [0.15, 0.2) is 0 Å². The first kappa shape index (κ1) is 19.7. The fourth-order valence-electron chi connectivity index (χ4n) is 3.41. The van der Waals surface area contributed by atoms with Gasteiger partial charge in [0.25, 0.3) is 0 Å². The van der Waals surface area contributed by atoms with Gasteiger partial charge in [0.05, 0.1) is 14.2 Å². The zero-order valence-corrected chi connectivity index (χ0v) is 17.2. The van der Waals surface area contributed by atoms with Crippen LogP contribution in [0.15, 0.2) is 41.4 Å². The molecule has 2 aromatic carbocycles. The summed E-state index contributed by atoms with van der Waals surface area (Å²) in [6.07, 6.45) is 2.61. The van der Waals surface area contributed by atoms with Crippen molar-refractivity contribution in [1.82, 2.24) is 0 Å². The Morgan fingerprint density at radius 1 is 1.11 bits per heavy atom. The molecule has 1 aliphatic rings. The third kappa shape index (κ3) is 4.46. The summed E-state index contributed by atoms with van der Waals surface area (Å²) in [4.78, 5) is 4.40. The number of nitrogens with zero attached hydrogens (tertiary/aromatic N) is 1. The average Bonchev–Trinajstić information content (AvgIpc) is 2.68. The number of halogens is 1. The lowest BCUT2D eigenvalue weighted by atomic mass is 10.0. The van der Waals surface area contributed by atoms with Crippen LogP contribution in [0, 0.1) is 12.7 Å². The van der Waals surface area contributed by atoms with E-state index >= 15 is 0 Å². The van der Waals surface area contributed by atoms with Gasteiger partial charge in [-0.15, -0.1) is 11.8 Å². The average molecular weight is 388 g/mol. The lowest BCUT2D eigenvalue weighted by Crippen LogP contribution is -2.25. The molecule has 144 valence electrons. The van der Waals surface area contributed by atoms with Crippen molar-refractivity contribution < 1.29 is 13.9 Å². The van der Waals surface area contributed by atoms with E-state index < -0.39 is 4.87 Å². The Morgan fingerprint density at radius 2 is 1.93 bits per heavy atom. The minimum absolute atomic E-state index is 0.183. The Hall–Kier alpha value is -2.01. The molecule has 1 heterocycles. The van der Waals surface area contributed by atoms with Crippen LogP contribution in [0.1, 0.15) is 36.5 Å². The Bertz CT molecular complexity index is 852. The van der Waals surface area contributed by atoms with Crippen molar-refractivity contribution in [3.05, 3.63) is 58.9 Å². The van der Waals surface area contributed by atoms with Gasteiger partial charge < -0.3 is 9.47 Å². The van der Waals surface area contributed by atoms with Crippen LogP contribution >= 0.6 is 11.8 Å². The van der Waals surface area contributed by atoms with E-state index in [1.165, 1.54) is 0 Å². The molecule has 0 spiro atoms. The van der Waals surface area contributed by atoms with Crippen LogP contribution in [0.4, 0.5) is 4.39 Å². The van der Waals surface area contributed by atoms with Crippen molar-refractivity contribution in [2.45, 2.75) is 38.0 Å². The van der Waals surface area contributed by atoms with Crippen molar-refractivity contribution in [3.63, 3.8) is 0 Å². The van der Waals surface area contributed by atoms with Crippen LogP contribution in [-0.2, 0) is 11.3 Å². The molecular weight excluding hydrogens is 361 g/mol. The monoisotopic (exact) mass is 387 g/mol. The van der Waals surface area contributed by atoms with Gasteiger partial charge in [-0.25, -0.2) is 4.39 Å². The molecule has 1 atom stereocenters. The summed E-state index contributed by atoms with van der Waals surface area (Å²) in [6.45, 7) is 4.00. The first-order valence-electron chi connectivity index (χ1n) is 9.14. The summed E-state index contributed by atoms with van der Waals surface area (Å²) in [5.74, 6) is 2.37. The Balaban J connectivity index is 1.80. The maximum atomic E-state index is 14.4. The van der Waals surface area contributed by atoms with Crippen molar-refractivity contribution in [1.29, 1.82) is 0 Å². The van der Waals surface area contributed by atoms with E-state index in [2.05, 4.69) is 0 Å². The van der Waals surface area contributed by atoms with E-state index in [4.69, 9.17) is 14.5 Å². The van der Waals surface area contributed by atoms with Crippen molar-refractivity contribution in [2.24, 2.45) is 4.99 Å². The number of thioether (sulfide) groups is 1. The van der Waals surface area contributed by atoms with Crippen LogP contribution < -0.4 is 9.47 Å². The smallest absolute Gasteiger partial charge is 0.131 e. The van der Waals surface area contributed by atoms with E-state index in [9.17, 15) is 4.39 Å². The highest BCUT2D eigenvalue weighted by atomic mass is 32.2. The molecule has 0 radical (unpaired) electrons.